The summed E-state index contributed by atoms with van der Waals surface area (Å²) in [7, 11) is 1.70. The molecule has 0 bridgehead atoms. The molecule has 1 aliphatic rings. The minimum absolute atomic E-state index is 0.346. The fourth-order valence-electron chi connectivity index (χ4n) is 2.92. The molecular formula is C17H16N2OS. The van der Waals surface area contributed by atoms with Gasteiger partial charge in [0.25, 0.3) is 0 Å². The van der Waals surface area contributed by atoms with Gasteiger partial charge in [0.1, 0.15) is 10.8 Å². The van der Waals surface area contributed by atoms with Crippen molar-refractivity contribution in [3.05, 3.63) is 58.6 Å². The number of hydrogen-bond acceptors (Lipinski definition) is 4. The largest absolute Gasteiger partial charge is 0.497 e. The number of nitrogens with zero attached hydrogens (tertiary/aromatic N) is 1. The predicted octanol–water partition coefficient (Wildman–Crippen LogP) is 3.54. The van der Waals surface area contributed by atoms with Crippen molar-refractivity contribution >= 4 is 21.6 Å². The van der Waals surface area contributed by atoms with Gasteiger partial charge in [0, 0.05) is 19.0 Å². The highest BCUT2D eigenvalue weighted by Gasteiger charge is 2.24. The maximum atomic E-state index is 5.30. The van der Waals surface area contributed by atoms with E-state index >= 15 is 0 Å². The minimum Gasteiger partial charge on any atom is -0.497 e. The van der Waals surface area contributed by atoms with Gasteiger partial charge in [-0.1, -0.05) is 24.3 Å². The Hall–Kier alpha value is -1.91. The van der Waals surface area contributed by atoms with Gasteiger partial charge in [-0.2, -0.15) is 0 Å². The lowest BCUT2D eigenvalue weighted by Crippen LogP contribution is -2.28. The lowest BCUT2D eigenvalue weighted by Gasteiger charge is -2.24. The molecule has 2 aromatic carbocycles. The van der Waals surface area contributed by atoms with E-state index in [-0.39, 0.29) is 0 Å². The molecule has 0 fully saturated rings. The van der Waals surface area contributed by atoms with E-state index < -0.39 is 0 Å². The van der Waals surface area contributed by atoms with Crippen molar-refractivity contribution in [1.29, 1.82) is 0 Å². The second kappa shape index (κ2) is 5.13. The Morgan fingerprint density at radius 1 is 1.24 bits per heavy atom. The molecule has 0 amide bonds. The molecule has 1 atom stereocenters. The lowest BCUT2D eigenvalue weighted by molar-refractivity contribution is 0.415. The number of nitrogens with one attached hydrogen (secondary N) is 1. The molecule has 3 nitrogen and oxygen atoms in total. The molecular weight excluding hydrogens is 280 g/mol. The van der Waals surface area contributed by atoms with Crippen molar-refractivity contribution in [2.45, 2.75) is 12.5 Å². The Bertz CT molecular complexity index is 796. The number of hydrogen-bond donors (Lipinski definition) is 1. The normalized spacial score (nSPS) is 17.7. The predicted molar refractivity (Wildman–Crippen MR) is 86.2 cm³/mol. The fourth-order valence-corrected chi connectivity index (χ4v) is 4.03. The summed E-state index contributed by atoms with van der Waals surface area (Å²) in [5.41, 5.74) is 3.84. The quantitative estimate of drug-likeness (QED) is 0.785. The van der Waals surface area contributed by atoms with Crippen molar-refractivity contribution in [2.75, 3.05) is 13.7 Å². The van der Waals surface area contributed by atoms with Crippen LogP contribution in [0.5, 0.6) is 5.75 Å². The molecule has 106 valence electrons. The van der Waals surface area contributed by atoms with E-state index in [2.05, 4.69) is 35.6 Å². The maximum absolute atomic E-state index is 5.30. The average molecular weight is 296 g/mol. The number of ether oxygens (including phenoxy) is 1. The van der Waals surface area contributed by atoms with Crippen LogP contribution in [-0.4, -0.2) is 18.6 Å². The Morgan fingerprint density at radius 2 is 2.14 bits per heavy atom. The van der Waals surface area contributed by atoms with Gasteiger partial charge in [-0.05, 0) is 29.3 Å². The Morgan fingerprint density at radius 3 is 3.05 bits per heavy atom. The monoisotopic (exact) mass is 296 g/mol. The van der Waals surface area contributed by atoms with Crippen molar-refractivity contribution in [3.63, 3.8) is 0 Å². The molecule has 4 heteroatoms. The van der Waals surface area contributed by atoms with Gasteiger partial charge in [0.15, 0.2) is 0 Å². The van der Waals surface area contributed by atoms with Crippen LogP contribution >= 0.6 is 11.3 Å². The summed E-state index contributed by atoms with van der Waals surface area (Å²) in [4.78, 5) is 4.83. The number of benzene rings is 2. The lowest BCUT2D eigenvalue weighted by atomic mass is 9.91. The first-order chi connectivity index (χ1) is 10.3. The molecule has 2 heterocycles. The van der Waals surface area contributed by atoms with Crippen LogP contribution < -0.4 is 10.1 Å². The highest BCUT2D eigenvalue weighted by molar-refractivity contribution is 7.18. The highest BCUT2D eigenvalue weighted by Crippen LogP contribution is 2.35. The van der Waals surface area contributed by atoms with Crippen LogP contribution in [0.2, 0.25) is 0 Å². The van der Waals surface area contributed by atoms with Crippen LogP contribution in [-0.2, 0) is 6.54 Å². The second-order valence-corrected chi connectivity index (χ2v) is 6.33. The molecule has 0 spiro atoms. The Kier molecular flexibility index (Phi) is 3.13. The molecule has 0 saturated carbocycles. The summed E-state index contributed by atoms with van der Waals surface area (Å²) in [5, 5.41) is 4.68. The first-order valence-corrected chi connectivity index (χ1v) is 7.90. The van der Waals surface area contributed by atoms with Gasteiger partial charge in [-0.15, -0.1) is 11.3 Å². The average Bonchev–Trinajstić information content (AvgIpc) is 2.97. The number of methoxy groups -OCH3 is 1. The van der Waals surface area contributed by atoms with E-state index in [1.54, 1.807) is 18.4 Å². The third-order valence-electron chi connectivity index (χ3n) is 4.00. The molecule has 0 aliphatic carbocycles. The van der Waals surface area contributed by atoms with Gasteiger partial charge < -0.3 is 10.1 Å². The highest BCUT2D eigenvalue weighted by atomic mass is 32.1. The third kappa shape index (κ3) is 2.20. The molecule has 0 radical (unpaired) electrons. The smallest absolute Gasteiger partial charge is 0.120 e. The first kappa shape index (κ1) is 12.8. The minimum atomic E-state index is 0.346. The summed E-state index contributed by atoms with van der Waals surface area (Å²) in [6.45, 7) is 1.90. The Labute approximate surface area is 127 Å². The molecule has 1 aromatic heterocycles. The van der Waals surface area contributed by atoms with Gasteiger partial charge in [0.2, 0.25) is 0 Å². The second-order valence-electron chi connectivity index (χ2n) is 5.27. The zero-order valence-electron chi connectivity index (χ0n) is 11.8. The molecule has 3 aromatic rings. The summed E-state index contributed by atoms with van der Waals surface area (Å²) >= 11 is 1.77. The molecule has 1 unspecified atom stereocenters. The number of aromatic nitrogens is 1. The van der Waals surface area contributed by atoms with Crippen molar-refractivity contribution < 1.29 is 4.74 Å². The Balaban J connectivity index is 1.80. The third-order valence-corrected chi connectivity index (χ3v) is 5.14. The zero-order chi connectivity index (χ0) is 14.2. The SMILES string of the molecule is COc1ccc2nc(C3CNCc4ccccc43)sc2c1. The number of fused-ring (bicyclic) bond motifs is 2. The van der Waals surface area contributed by atoms with E-state index in [1.807, 2.05) is 12.1 Å². The van der Waals surface area contributed by atoms with Gasteiger partial charge in [0.05, 0.1) is 17.3 Å². The van der Waals surface area contributed by atoms with Crippen LogP contribution in [0.15, 0.2) is 42.5 Å². The topological polar surface area (TPSA) is 34.1 Å². The zero-order valence-corrected chi connectivity index (χ0v) is 12.6. The first-order valence-electron chi connectivity index (χ1n) is 7.08. The molecule has 4 rings (SSSR count). The van der Waals surface area contributed by atoms with Crippen LogP contribution in [0.3, 0.4) is 0 Å². The molecule has 1 N–H and O–H groups in total. The standard InChI is InChI=1S/C17H16N2OS/c1-20-12-6-7-15-16(8-12)21-17(19-15)14-10-18-9-11-4-2-3-5-13(11)14/h2-8,14,18H,9-10H2,1H3. The van der Waals surface area contributed by atoms with E-state index in [4.69, 9.17) is 9.72 Å². The van der Waals surface area contributed by atoms with E-state index in [1.165, 1.54) is 20.8 Å². The van der Waals surface area contributed by atoms with E-state index in [9.17, 15) is 0 Å². The molecule has 21 heavy (non-hydrogen) atoms. The van der Waals surface area contributed by atoms with Crippen LogP contribution in [0.1, 0.15) is 22.1 Å². The van der Waals surface area contributed by atoms with Crippen molar-refractivity contribution in [1.82, 2.24) is 10.3 Å². The van der Waals surface area contributed by atoms with E-state index in [0.717, 1.165) is 24.4 Å². The molecule has 0 saturated heterocycles. The van der Waals surface area contributed by atoms with Crippen molar-refractivity contribution in [2.24, 2.45) is 0 Å². The van der Waals surface area contributed by atoms with Gasteiger partial charge in [-0.3, -0.25) is 0 Å². The number of thiazole rings is 1. The van der Waals surface area contributed by atoms with Crippen LogP contribution in [0.25, 0.3) is 10.2 Å². The van der Waals surface area contributed by atoms with Gasteiger partial charge in [-0.25, -0.2) is 4.98 Å². The van der Waals surface area contributed by atoms with Crippen LogP contribution in [0.4, 0.5) is 0 Å². The van der Waals surface area contributed by atoms with Crippen LogP contribution in [0, 0.1) is 0 Å². The van der Waals surface area contributed by atoms with Crippen molar-refractivity contribution in [3.8, 4) is 5.75 Å². The summed E-state index contributed by atoms with van der Waals surface area (Å²) in [5.74, 6) is 1.23. The van der Waals surface area contributed by atoms with E-state index in [0.29, 0.717) is 5.92 Å². The fraction of sp³-hybridized carbons (Fsp3) is 0.235. The summed E-state index contributed by atoms with van der Waals surface area (Å²) in [6, 6.07) is 14.7. The maximum Gasteiger partial charge on any atom is 0.120 e. The summed E-state index contributed by atoms with van der Waals surface area (Å²) in [6.07, 6.45) is 0. The summed E-state index contributed by atoms with van der Waals surface area (Å²) < 4.78 is 6.49. The number of rotatable bonds is 2. The molecule has 1 aliphatic heterocycles. The van der Waals surface area contributed by atoms with Gasteiger partial charge >= 0.3 is 0 Å².